The second-order valence-corrected chi connectivity index (χ2v) is 6.24. The van der Waals surface area contributed by atoms with Crippen LogP contribution < -0.4 is 10.9 Å². The molecule has 7 heteroatoms. The largest absolute Gasteiger partial charge is 0.358 e. The van der Waals surface area contributed by atoms with Gasteiger partial charge in [-0.25, -0.2) is 0 Å². The number of rotatable bonds is 3. The summed E-state index contributed by atoms with van der Waals surface area (Å²) in [5.74, 6) is -0.290. The van der Waals surface area contributed by atoms with Crippen molar-refractivity contribution in [3.8, 4) is 0 Å². The Balaban J connectivity index is 1.86. The molecule has 1 heterocycles. The number of H-pyrrole nitrogens is 1. The average molecular weight is 369 g/mol. The zero-order valence-electron chi connectivity index (χ0n) is 12.0. The van der Waals surface area contributed by atoms with E-state index in [1.807, 2.05) is 31.2 Å². The number of carbonyl (C=O) groups excluding carboxylic acids is 1. The maximum absolute atomic E-state index is 12.5. The number of hydrogen-bond donors (Lipinski definition) is 3. The molecule has 2 aromatic carbocycles. The van der Waals surface area contributed by atoms with Crippen molar-refractivity contribution >= 4 is 57.3 Å². The third kappa shape index (κ3) is 3.11. The van der Waals surface area contributed by atoms with Crippen molar-refractivity contribution < 1.29 is 4.79 Å². The third-order valence-electron chi connectivity index (χ3n) is 3.43. The van der Waals surface area contributed by atoms with E-state index in [-0.39, 0.29) is 5.91 Å². The van der Waals surface area contributed by atoms with Gasteiger partial charge in [-0.05, 0) is 25.1 Å². The maximum Gasteiger partial charge on any atom is 0.272 e. The SMILES string of the molecule is Cc1[nH]c2ccccc2c1C(=O)NNc1c(Cl)cc(Cl)cc1Cl. The van der Waals surface area contributed by atoms with Crippen molar-refractivity contribution in [1.82, 2.24) is 10.4 Å². The van der Waals surface area contributed by atoms with Crippen molar-refractivity contribution in [2.75, 3.05) is 5.43 Å². The fourth-order valence-electron chi connectivity index (χ4n) is 2.41. The van der Waals surface area contributed by atoms with Gasteiger partial charge in [-0.3, -0.25) is 15.6 Å². The van der Waals surface area contributed by atoms with Crippen molar-refractivity contribution in [3.05, 3.63) is 62.7 Å². The molecule has 1 aromatic heterocycles. The maximum atomic E-state index is 12.5. The Bertz CT molecular complexity index is 882. The molecule has 0 aliphatic rings. The summed E-state index contributed by atoms with van der Waals surface area (Å²) >= 11 is 18.0. The molecule has 0 bridgehead atoms. The van der Waals surface area contributed by atoms with Gasteiger partial charge in [0.05, 0.1) is 21.3 Å². The van der Waals surface area contributed by atoms with E-state index in [2.05, 4.69) is 15.8 Å². The summed E-state index contributed by atoms with van der Waals surface area (Å²) in [6.45, 7) is 1.84. The lowest BCUT2D eigenvalue weighted by molar-refractivity contribution is 0.0964. The predicted molar refractivity (Wildman–Crippen MR) is 95.6 cm³/mol. The first kappa shape index (κ1) is 16.0. The summed E-state index contributed by atoms with van der Waals surface area (Å²) in [5.41, 5.74) is 8.00. The number of carbonyl (C=O) groups is 1. The van der Waals surface area contributed by atoms with Gasteiger partial charge in [0.15, 0.2) is 0 Å². The Morgan fingerprint density at radius 2 is 1.74 bits per heavy atom. The highest BCUT2D eigenvalue weighted by Crippen LogP contribution is 2.33. The molecule has 0 atom stereocenters. The van der Waals surface area contributed by atoms with E-state index in [0.717, 1.165) is 16.6 Å². The molecule has 0 unspecified atom stereocenters. The number of aryl methyl sites for hydroxylation is 1. The quantitative estimate of drug-likeness (QED) is 0.557. The van der Waals surface area contributed by atoms with Gasteiger partial charge in [-0.2, -0.15) is 0 Å². The van der Waals surface area contributed by atoms with E-state index >= 15 is 0 Å². The normalized spacial score (nSPS) is 10.8. The number of fused-ring (bicyclic) bond motifs is 1. The lowest BCUT2D eigenvalue weighted by atomic mass is 10.1. The summed E-state index contributed by atoms with van der Waals surface area (Å²) in [6.07, 6.45) is 0. The fraction of sp³-hybridized carbons (Fsp3) is 0.0625. The van der Waals surface area contributed by atoms with E-state index in [1.165, 1.54) is 0 Å². The minimum Gasteiger partial charge on any atom is -0.358 e. The zero-order valence-corrected chi connectivity index (χ0v) is 14.3. The van der Waals surface area contributed by atoms with Crippen LogP contribution in [0.25, 0.3) is 10.9 Å². The van der Waals surface area contributed by atoms with E-state index in [9.17, 15) is 4.79 Å². The minimum atomic E-state index is -0.290. The Kier molecular flexibility index (Phi) is 4.39. The number of hydrazine groups is 1. The standard InChI is InChI=1S/C16H12Cl3N3O/c1-8-14(10-4-2-3-5-13(10)20-8)16(23)22-21-15-11(18)6-9(17)7-12(15)19/h2-7,20-21H,1H3,(H,22,23). The smallest absolute Gasteiger partial charge is 0.272 e. The van der Waals surface area contributed by atoms with Gasteiger partial charge in [-0.1, -0.05) is 53.0 Å². The highest BCUT2D eigenvalue weighted by molar-refractivity contribution is 6.41. The second-order valence-electron chi connectivity index (χ2n) is 4.99. The molecule has 0 aliphatic carbocycles. The van der Waals surface area contributed by atoms with Gasteiger partial charge in [0.25, 0.3) is 5.91 Å². The van der Waals surface area contributed by atoms with E-state index in [4.69, 9.17) is 34.8 Å². The summed E-state index contributed by atoms with van der Waals surface area (Å²) in [6, 6.07) is 10.7. The Morgan fingerprint density at radius 3 is 2.43 bits per heavy atom. The molecule has 0 radical (unpaired) electrons. The first-order chi connectivity index (χ1) is 11.0. The van der Waals surface area contributed by atoms with Gasteiger partial charge < -0.3 is 4.98 Å². The predicted octanol–water partition coefficient (Wildman–Crippen LogP) is 5.19. The third-order valence-corrected chi connectivity index (χ3v) is 4.24. The summed E-state index contributed by atoms with van der Waals surface area (Å²) in [7, 11) is 0. The van der Waals surface area contributed by atoms with Crippen LogP contribution in [-0.2, 0) is 0 Å². The molecule has 0 saturated heterocycles. The molecule has 3 aromatic rings. The van der Waals surface area contributed by atoms with E-state index in [0.29, 0.717) is 26.3 Å². The average Bonchev–Trinajstić information content (AvgIpc) is 2.81. The van der Waals surface area contributed by atoms with Crippen molar-refractivity contribution in [1.29, 1.82) is 0 Å². The van der Waals surface area contributed by atoms with Gasteiger partial charge in [0.1, 0.15) is 0 Å². The second kappa shape index (κ2) is 6.32. The Labute approximate surface area is 147 Å². The number of aromatic amines is 1. The zero-order chi connectivity index (χ0) is 16.6. The van der Waals surface area contributed by atoms with Crippen LogP contribution in [0.4, 0.5) is 5.69 Å². The molecular formula is C16H12Cl3N3O. The molecule has 118 valence electrons. The lowest BCUT2D eigenvalue weighted by Crippen LogP contribution is -2.30. The topological polar surface area (TPSA) is 56.9 Å². The number of amides is 1. The number of hydrogen-bond acceptors (Lipinski definition) is 2. The molecule has 3 N–H and O–H groups in total. The van der Waals surface area contributed by atoms with Gasteiger partial charge in [0.2, 0.25) is 0 Å². The molecule has 3 rings (SSSR count). The Morgan fingerprint density at radius 1 is 1.09 bits per heavy atom. The summed E-state index contributed by atoms with van der Waals surface area (Å²) in [5, 5.41) is 1.90. The summed E-state index contributed by atoms with van der Waals surface area (Å²) in [4.78, 5) is 15.7. The van der Waals surface area contributed by atoms with Crippen LogP contribution in [0.3, 0.4) is 0 Å². The van der Waals surface area contributed by atoms with Crippen LogP contribution in [0.1, 0.15) is 16.1 Å². The van der Waals surface area contributed by atoms with Crippen LogP contribution in [0.15, 0.2) is 36.4 Å². The van der Waals surface area contributed by atoms with Gasteiger partial charge >= 0.3 is 0 Å². The van der Waals surface area contributed by atoms with Crippen LogP contribution >= 0.6 is 34.8 Å². The van der Waals surface area contributed by atoms with Crippen molar-refractivity contribution in [2.45, 2.75) is 6.92 Å². The molecular weight excluding hydrogens is 357 g/mol. The highest BCUT2D eigenvalue weighted by Gasteiger charge is 2.16. The number of para-hydroxylation sites is 1. The molecule has 0 fully saturated rings. The van der Waals surface area contributed by atoms with Crippen molar-refractivity contribution in [2.24, 2.45) is 0 Å². The Hall–Kier alpha value is -1.88. The van der Waals surface area contributed by atoms with Crippen molar-refractivity contribution in [3.63, 3.8) is 0 Å². The molecule has 0 spiro atoms. The fourth-order valence-corrected chi connectivity index (χ4v) is 3.32. The summed E-state index contributed by atoms with van der Waals surface area (Å²) < 4.78 is 0. The van der Waals surface area contributed by atoms with E-state index < -0.39 is 0 Å². The van der Waals surface area contributed by atoms with Crippen LogP contribution in [0.2, 0.25) is 15.1 Å². The minimum absolute atomic E-state index is 0.290. The van der Waals surface area contributed by atoms with Crippen LogP contribution in [-0.4, -0.2) is 10.9 Å². The number of nitrogens with one attached hydrogen (secondary N) is 3. The number of aromatic nitrogens is 1. The molecule has 0 saturated carbocycles. The number of anilines is 1. The molecule has 4 nitrogen and oxygen atoms in total. The first-order valence-electron chi connectivity index (χ1n) is 6.75. The number of halogens is 3. The molecule has 0 aliphatic heterocycles. The first-order valence-corrected chi connectivity index (χ1v) is 7.89. The van der Waals surface area contributed by atoms with Crippen LogP contribution in [0, 0.1) is 6.92 Å². The van der Waals surface area contributed by atoms with Crippen LogP contribution in [0.5, 0.6) is 0 Å². The lowest BCUT2D eigenvalue weighted by Gasteiger charge is -2.12. The van der Waals surface area contributed by atoms with Gasteiger partial charge in [-0.15, -0.1) is 0 Å². The highest BCUT2D eigenvalue weighted by atomic mass is 35.5. The number of benzene rings is 2. The molecule has 23 heavy (non-hydrogen) atoms. The monoisotopic (exact) mass is 367 g/mol. The molecule has 1 amide bonds. The van der Waals surface area contributed by atoms with Gasteiger partial charge in [0, 0.05) is 21.6 Å². The van der Waals surface area contributed by atoms with E-state index in [1.54, 1.807) is 12.1 Å².